The molecule has 1 aromatic carbocycles. The lowest BCUT2D eigenvalue weighted by Crippen LogP contribution is -2.40. The van der Waals surface area contributed by atoms with Gasteiger partial charge in [0, 0.05) is 4.88 Å². The van der Waals surface area contributed by atoms with Gasteiger partial charge in [-0.3, -0.25) is 0 Å². The molecule has 0 aliphatic carbocycles. The third kappa shape index (κ3) is 3.55. The molecule has 0 spiro atoms. The average Bonchev–Trinajstić information content (AvgIpc) is 2.94. The van der Waals surface area contributed by atoms with Gasteiger partial charge in [0.25, 0.3) is 0 Å². The van der Waals surface area contributed by atoms with Gasteiger partial charge in [-0.1, -0.05) is 18.2 Å². The number of para-hydroxylation sites is 1. The number of nitrogens with one attached hydrogen (secondary N) is 2. The number of hydrogen-bond acceptors (Lipinski definition) is 3. The Bertz CT molecular complexity index is 585. The smallest absolute Gasteiger partial charge is 0.319 e. The minimum Gasteiger partial charge on any atom is -0.383 e. The molecule has 1 heterocycles. The van der Waals surface area contributed by atoms with Crippen molar-refractivity contribution >= 4 is 23.1 Å². The maximum absolute atomic E-state index is 13.4. The highest BCUT2D eigenvalue weighted by atomic mass is 32.1. The third-order valence-electron chi connectivity index (χ3n) is 2.77. The normalized spacial score (nSPS) is 13.6. The average molecular weight is 294 g/mol. The topological polar surface area (TPSA) is 61.4 Å². The number of benzene rings is 1. The van der Waals surface area contributed by atoms with E-state index < -0.39 is 17.4 Å². The maximum atomic E-state index is 13.4. The zero-order valence-electron chi connectivity index (χ0n) is 10.9. The molecule has 2 rings (SSSR count). The van der Waals surface area contributed by atoms with Crippen LogP contribution in [0.1, 0.15) is 11.8 Å². The van der Waals surface area contributed by atoms with Gasteiger partial charge in [-0.25, -0.2) is 9.18 Å². The fourth-order valence-electron chi connectivity index (χ4n) is 1.65. The second-order valence-corrected chi connectivity index (χ2v) is 5.49. The second-order valence-electron chi connectivity index (χ2n) is 4.54. The van der Waals surface area contributed by atoms with E-state index in [1.165, 1.54) is 23.5 Å². The maximum Gasteiger partial charge on any atom is 0.319 e. The molecule has 106 valence electrons. The molecule has 0 bridgehead atoms. The summed E-state index contributed by atoms with van der Waals surface area (Å²) in [4.78, 5) is 12.4. The quantitative estimate of drug-likeness (QED) is 0.812. The monoisotopic (exact) mass is 294 g/mol. The van der Waals surface area contributed by atoms with E-state index in [0.717, 1.165) is 4.88 Å². The van der Waals surface area contributed by atoms with Crippen molar-refractivity contribution in [2.75, 3.05) is 11.9 Å². The zero-order valence-corrected chi connectivity index (χ0v) is 11.7. The van der Waals surface area contributed by atoms with E-state index in [1.807, 2.05) is 11.4 Å². The van der Waals surface area contributed by atoms with E-state index in [9.17, 15) is 14.3 Å². The Kier molecular flexibility index (Phi) is 4.36. The Hall–Kier alpha value is -1.92. The minimum atomic E-state index is -1.15. The van der Waals surface area contributed by atoms with Gasteiger partial charge in [0.1, 0.15) is 11.4 Å². The molecule has 0 fully saturated rings. The Labute approximate surface area is 120 Å². The number of amides is 2. The molecule has 1 aromatic heterocycles. The molecule has 1 unspecified atom stereocenters. The zero-order chi connectivity index (χ0) is 14.6. The lowest BCUT2D eigenvalue weighted by molar-refractivity contribution is 0.0637. The van der Waals surface area contributed by atoms with Crippen LogP contribution in [0.4, 0.5) is 14.9 Å². The molecule has 0 aliphatic rings. The molecule has 0 aliphatic heterocycles. The van der Waals surface area contributed by atoms with E-state index in [1.54, 1.807) is 25.1 Å². The highest BCUT2D eigenvalue weighted by Crippen LogP contribution is 2.24. The number of rotatable bonds is 4. The standard InChI is InChI=1S/C14H15FN2O2S/c1-14(19,12-7-4-8-20-12)9-16-13(18)17-11-6-3-2-5-10(11)15/h2-8,19H,9H2,1H3,(H2,16,17,18). The highest BCUT2D eigenvalue weighted by Gasteiger charge is 2.24. The number of urea groups is 1. The molecule has 0 saturated heterocycles. The van der Waals surface area contributed by atoms with Crippen molar-refractivity contribution in [2.45, 2.75) is 12.5 Å². The Morgan fingerprint density at radius 2 is 2.10 bits per heavy atom. The number of aliphatic hydroxyl groups is 1. The molecule has 2 amide bonds. The Morgan fingerprint density at radius 3 is 2.75 bits per heavy atom. The van der Waals surface area contributed by atoms with Gasteiger partial charge in [-0.15, -0.1) is 11.3 Å². The van der Waals surface area contributed by atoms with Crippen LogP contribution >= 0.6 is 11.3 Å². The van der Waals surface area contributed by atoms with Crippen LogP contribution in [0.5, 0.6) is 0 Å². The summed E-state index contributed by atoms with van der Waals surface area (Å²) < 4.78 is 13.4. The van der Waals surface area contributed by atoms with Crippen molar-refractivity contribution in [2.24, 2.45) is 0 Å². The summed E-state index contributed by atoms with van der Waals surface area (Å²) in [6.07, 6.45) is 0. The van der Waals surface area contributed by atoms with Gasteiger partial charge in [0.15, 0.2) is 0 Å². The van der Waals surface area contributed by atoms with Gasteiger partial charge in [-0.2, -0.15) is 0 Å². The molecular weight excluding hydrogens is 279 g/mol. The van der Waals surface area contributed by atoms with Crippen LogP contribution < -0.4 is 10.6 Å². The summed E-state index contributed by atoms with van der Waals surface area (Å²) in [7, 11) is 0. The van der Waals surface area contributed by atoms with Crippen molar-refractivity contribution < 1.29 is 14.3 Å². The van der Waals surface area contributed by atoms with Crippen LogP contribution in [0.2, 0.25) is 0 Å². The summed E-state index contributed by atoms with van der Waals surface area (Å²) >= 11 is 1.41. The van der Waals surface area contributed by atoms with Gasteiger partial charge in [-0.05, 0) is 30.5 Å². The van der Waals surface area contributed by atoms with E-state index in [2.05, 4.69) is 10.6 Å². The van der Waals surface area contributed by atoms with Crippen LogP contribution in [0.25, 0.3) is 0 Å². The first kappa shape index (κ1) is 14.5. The molecule has 2 aromatic rings. The van der Waals surface area contributed by atoms with Gasteiger partial charge in [0.05, 0.1) is 12.2 Å². The second kappa shape index (κ2) is 6.02. The van der Waals surface area contributed by atoms with Crippen molar-refractivity contribution in [3.63, 3.8) is 0 Å². The highest BCUT2D eigenvalue weighted by molar-refractivity contribution is 7.10. The molecule has 0 saturated carbocycles. The van der Waals surface area contributed by atoms with Crippen molar-refractivity contribution in [3.8, 4) is 0 Å². The lowest BCUT2D eigenvalue weighted by atomic mass is 10.1. The van der Waals surface area contributed by atoms with Crippen LogP contribution in [-0.4, -0.2) is 17.7 Å². The summed E-state index contributed by atoms with van der Waals surface area (Å²) in [5, 5.41) is 17.0. The number of thiophene rings is 1. The van der Waals surface area contributed by atoms with E-state index in [-0.39, 0.29) is 12.2 Å². The number of carbonyl (C=O) groups excluding carboxylic acids is 1. The summed E-state index contributed by atoms with van der Waals surface area (Å²) in [5.41, 5.74) is -1.05. The molecular formula is C14H15FN2O2S. The summed E-state index contributed by atoms with van der Waals surface area (Å²) in [6, 6.07) is 8.95. The van der Waals surface area contributed by atoms with Crippen LogP contribution in [-0.2, 0) is 5.60 Å². The number of hydrogen-bond donors (Lipinski definition) is 3. The molecule has 20 heavy (non-hydrogen) atoms. The molecule has 0 radical (unpaired) electrons. The fourth-order valence-corrected chi connectivity index (χ4v) is 2.44. The van der Waals surface area contributed by atoms with Gasteiger partial charge in [0.2, 0.25) is 0 Å². The van der Waals surface area contributed by atoms with Crippen molar-refractivity contribution in [3.05, 3.63) is 52.5 Å². The Balaban J connectivity index is 1.91. The first-order valence-electron chi connectivity index (χ1n) is 6.05. The largest absolute Gasteiger partial charge is 0.383 e. The Morgan fingerprint density at radius 1 is 1.35 bits per heavy atom. The fraction of sp³-hybridized carbons (Fsp3) is 0.214. The van der Waals surface area contributed by atoms with Crippen molar-refractivity contribution in [1.82, 2.24) is 5.32 Å². The van der Waals surface area contributed by atoms with Crippen molar-refractivity contribution in [1.29, 1.82) is 0 Å². The third-order valence-corrected chi connectivity index (χ3v) is 3.89. The predicted molar refractivity (Wildman–Crippen MR) is 77.3 cm³/mol. The van der Waals surface area contributed by atoms with Crippen LogP contribution in [0, 0.1) is 5.82 Å². The summed E-state index contributed by atoms with van der Waals surface area (Å²) in [5.74, 6) is -0.507. The van der Waals surface area contributed by atoms with E-state index >= 15 is 0 Å². The lowest BCUT2D eigenvalue weighted by Gasteiger charge is -2.22. The van der Waals surface area contributed by atoms with Crippen LogP contribution in [0.3, 0.4) is 0 Å². The van der Waals surface area contributed by atoms with E-state index in [0.29, 0.717) is 0 Å². The molecule has 4 nitrogen and oxygen atoms in total. The number of carbonyl (C=O) groups is 1. The van der Waals surface area contributed by atoms with Gasteiger partial charge < -0.3 is 15.7 Å². The van der Waals surface area contributed by atoms with E-state index in [4.69, 9.17) is 0 Å². The van der Waals surface area contributed by atoms with Gasteiger partial charge >= 0.3 is 6.03 Å². The molecule has 3 N–H and O–H groups in total. The molecule has 6 heteroatoms. The predicted octanol–water partition coefficient (Wildman–Crippen LogP) is 2.92. The minimum absolute atomic E-state index is 0.0355. The number of halogens is 1. The first-order chi connectivity index (χ1) is 9.49. The summed E-state index contributed by atoms with van der Waals surface area (Å²) in [6.45, 7) is 1.65. The molecule has 1 atom stereocenters. The van der Waals surface area contributed by atoms with Crippen LogP contribution in [0.15, 0.2) is 41.8 Å². The first-order valence-corrected chi connectivity index (χ1v) is 6.93. The number of anilines is 1. The SMILES string of the molecule is CC(O)(CNC(=O)Nc1ccccc1F)c1cccs1.